The van der Waals surface area contributed by atoms with Gasteiger partial charge in [0.2, 0.25) is 29.5 Å². The van der Waals surface area contributed by atoms with Gasteiger partial charge in [0, 0.05) is 94.5 Å². The molecule has 0 spiro atoms. The molecule has 5 amide bonds. The van der Waals surface area contributed by atoms with Crippen LogP contribution in [-0.2, 0) is 150 Å². The maximum atomic E-state index is 15.4. The minimum Gasteiger partial charge on any atom is -0.460 e. The van der Waals surface area contributed by atoms with Crippen LogP contribution < -0.4 is 21.3 Å². The lowest BCUT2D eigenvalue weighted by atomic mass is 9.82. The molecule has 0 aromatic rings. The lowest BCUT2D eigenvalue weighted by molar-refractivity contribution is -0.321. The van der Waals surface area contributed by atoms with Crippen LogP contribution in [0.1, 0.15) is 168 Å². The van der Waals surface area contributed by atoms with Gasteiger partial charge in [0.05, 0.1) is 132 Å². The van der Waals surface area contributed by atoms with Gasteiger partial charge < -0.3 is 78.3 Å². The molecule has 17 unspecified atom stereocenters. The van der Waals surface area contributed by atoms with E-state index in [1.807, 2.05) is 39.0 Å². The van der Waals surface area contributed by atoms with Gasteiger partial charge in [0.25, 0.3) is 0 Å². The summed E-state index contributed by atoms with van der Waals surface area (Å²) in [5.41, 5.74) is 0. The van der Waals surface area contributed by atoms with Crippen LogP contribution in [0.15, 0.2) is 0 Å². The number of nitriles is 3. The molecule has 43 heteroatoms. The minimum absolute atomic E-state index is 0.0404. The number of nitrogens with one attached hydrogen (secondary N) is 4. The Labute approximate surface area is 645 Å². The highest BCUT2D eigenvalue weighted by molar-refractivity contribution is 7.49. The minimum atomic E-state index is -5.17. The number of unbranched alkanes of at least 4 members (excludes halogenated alkanes) is 1. The third-order valence-corrected chi connectivity index (χ3v) is 22.5. The van der Waals surface area contributed by atoms with E-state index in [9.17, 15) is 68.1 Å². The standard InChI is InChI=1S/C68H107N8O32P3/c1-15-17-24-76(44(10)81)33-57-53(98-45(11)82)32-51(74-42(8)79)67(102-57)104-62-49(72-40(6)77)31-50(73-41(7)78)63(66(62)101-48(14)85)105-68-65(100-47(13)84)61(75-43(9)80)64(99-46(12)83)60(103-68)36-94-111(88,91-27-20-23-71)108-56-30-39(5)97-59(56)35-93-110(87,90-26-19-22-70)107-55-29-38(4)96-58(55)34-92-109(86,89-25-18-21-69)106-54-28-37(3)95-52(54)16-2/h37-39,49-68H,15-20,24-36H2,1-14H3,(H,72,77)(H,73,78)(H,74,79)(H,75,80)/t37-,38-,39-,49?,50?,51?,52+,53?,54-,55-,56-,57?,58+,59+,60?,61?,62?,63?,64?,65?,66?,67?,68?,109?,110?,111?/m0/s1. The zero-order chi connectivity index (χ0) is 82.1. The fraction of sp³-hybridized carbons (Fsp3) is 0.824. The molecule has 1 aliphatic carbocycles. The van der Waals surface area contributed by atoms with E-state index in [0.717, 1.165) is 48.5 Å². The molecule has 1 saturated carbocycles. The van der Waals surface area contributed by atoms with Crippen molar-refractivity contribution in [3.63, 3.8) is 0 Å². The second kappa shape index (κ2) is 44.6. The summed E-state index contributed by atoms with van der Waals surface area (Å²) in [6.45, 7) is 15.3. The molecule has 5 heterocycles. The first-order chi connectivity index (χ1) is 52.4. The molecule has 26 atom stereocenters. The van der Waals surface area contributed by atoms with Crippen molar-refractivity contribution in [3.8, 4) is 18.2 Å². The zero-order valence-corrected chi connectivity index (χ0v) is 67.6. The predicted molar refractivity (Wildman–Crippen MR) is 377 cm³/mol. The fourth-order valence-corrected chi connectivity index (χ4v) is 17.8. The first-order valence-electron chi connectivity index (χ1n) is 36.9. The number of amides is 5. The summed E-state index contributed by atoms with van der Waals surface area (Å²) in [5, 5.41) is 39.3. The van der Waals surface area contributed by atoms with E-state index in [4.69, 9.17) is 92.8 Å². The van der Waals surface area contributed by atoms with Crippen LogP contribution in [-0.4, -0.2) is 252 Å². The average molecular weight is 1640 g/mol. The van der Waals surface area contributed by atoms with Crippen molar-refractivity contribution in [1.29, 1.82) is 15.8 Å². The molecule has 0 radical (unpaired) electrons. The molecule has 5 aliphatic heterocycles. The Morgan fingerprint density at radius 3 is 1.22 bits per heavy atom. The van der Waals surface area contributed by atoms with Crippen molar-refractivity contribution in [2.75, 3.05) is 52.7 Å². The maximum absolute atomic E-state index is 15.4. The van der Waals surface area contributed by atoms with Crippen LogP contribution in [0, 0.1) is 34.0 Å². The van der Waals surface area contributed by atoms with Crippen LogP contribution in [0.4, 0.5) is 0 Å². The molecular weight excluding hydrogens is 1530 g/mol. The third-order valence-electron chi connectivity index (χ3n) is 18.0. The molecule has 6 rings (SSSR count). The quantitative estimate of drug-likeness (QED) is 0.0279. The fourth-order valence-electron chi connectivity index (χ4n) is 13.7. The van der Waals surface area contributed by atoms with Crippen LogP contribution >= 0.6 is 23.5 Å². The van der Waals surface area contributed by atoms with Gasteiger partial charge in [-0.1, -0.05) is 20.3 Å². The lowest BCUT2D eigenvalue weighted by Crippen LogP contribution is -2.71. The van der Waals surface area contributed by atoms with Crippen molar-refractivity contribution in [2.24, 2.45) is 0 Å². The van der Waals surface area contributed by atoms with E-state index in [1.54, 1.807) is 13.8 Å². The predicted octanol–water partition coefficient (Wildman–Crippen LogP) is 4.66. The van der Waals surface area contributed by atoms with E-state index in [2.05, 4.69) is 21.3 Å². The second-order valence-corrected chi connectivity index (χ2v) is 32.4. The van der Waals surface area contributed by atoms with E-state index in [1.165, 1.54) is 18.7 Å². The van der Waals surface area contributed by atoms with E-state index in [0.29, 0.717) is 25.7 Å². The Kier molecular flexibility index (Phi) is 37.6. The Balaban J connectivity index is 1.35. The highest BCUT2D eigenvalue weighted by atomic mass is 31.2. The number of phosphoric acid groups is 3. The van der Waals surface area contributed by atoms with E-state index < -0.39 is 245 Å². The number of nitrogens with zero attached hydrogens (tertiary/aromatic N) is 4. The Hall–Kier alpha value is -6.25. The zero-order valence-electron chi connectivity index (χ0n) is 64.9. The normalized spacial score (nSPS) is 32.8. The maximum Gasteiger partial charge on any atom is 0.475 e. The van der Waals surface area contributed by atoms with Gasteiger partial charge in [-0.2, -0.15) is 15.8 Å². The van der Waals surface area contributed by atoms with Crippen molar-refractivity contribution in [3.05, 3.63) is 0 Å². The number of esters is 4. The molecule has 40 nitrogen and oxygen atoms in total. The summed E-state index contributed by atoms with van der Waals surface area (Å²) in [4.78, 5) is 121. The Morgan fingerprint density at radius 2 is 0.811 bits per heavy atom. The molecular formula is C68H107N8O32P3. The third kappa shape index (κ3) is 29.5. The second-order valence-electron chi connectivity index (χ2n) is 27.5. The van der Waals surface area contributed by atoms with Crippen LogP contribution in [0.3, 0.4) is 0 Å². The van der Waals surface area contributed by atoms with Gasteiger partial charge in [-0.05, 0) is 40.0 Å². The van der Waals surface area contributed by atoms with Crippen molar-refractivity contribution < 1.29 is 150 Å². The van der Waals surface area contributed by atoms with E-state index >= 15 is 4.57 Å². The van der Waals surface area contributed by atoms with Crippen LogP contribution in [0.2, 0.25) is 0 Å². The molecule has 6 fully saturated rings. The number of hydrogen-bond donors (Lipinski definition) is 4. The molecule has 0 aromatic heterocycles. The van der Waals surface area contributed by atoms with Crippen LogP contribution in [0.25, 0.3) is 0 Å². The topological polar surface area (TPSA) is 512 Å². The molecule has 5 saturated heterocycles. The average Bonchev–Trinajstić information content (AvgIpc) is 1.76. The van der Waals surface area contributed by atoms with Gasteiger partial charge in [-0.3, -0.25) is 83.9 Å². The molecule has 4 N–H and O–H groups in total. The largest absolute Gasteiger partial charge is 0.475 e. The summed E-state index contributed by atoms with van der Waals surface area (Å²) in [5.74, 6) is -6.96. The van der Waals surface area contributed by atoms with Gasteiger partial charge in [-0.25, -0.2) is 13.7 Å². The summed E-state index contributed by atoms with van der Waals surface area (Å²) < 4.78 is 166. The van der Waals surface area contributed by atoms with Gasteiger partial charge in [-0.15, -0.1) is 0 Å². The molecule has 0 aromatic carbocycles. The molecule has 6 aliphatic rings. The van der Waals surface area contributed by atoms with Crippen LogP contribution in [0.5, 0.6) is 0 Å². The summed E-state index contributed by atoms with van der Waals surface area (Å²) in [6.07, 6.45) is -23.8. The first-order valence-corrected chi connectivity index (χ1v) is 41.3. The monoisotopic (exact) mass is 1640 g/mol. The molecule has 0 bridgehead atoms. The molecule has 626 valence electrons. The summed E-state index contributed by atoms with van der Waals surface area (Å²) in [6, 6.07) is 0.0929. The number of carbonyl (C=O) groups excluding carboxylic acids is 9. The van der Waals surface area contributed by atoms with E-state index in [-0.39, 0.29) is 70.2 Å². The molecule has 111 heavy (non-hydrogen) atoms. The first kappa shape index (κ1) is 93.6. The van der Waals surface area contributed by atoms with Gasteiger partial charge in [0.1, 0.15) is 61.0 Å². The van der Waals surface area contributed by atoms with Crippen molar-refractivity contribution in [1.82, 2.24) is 26.2 Å². The summed E-state index contributed by atoms with van der Waals surface area (Å²) in [7, 11) is -14.5. The SMILES string of the molecule is CCCCN(CC1OC(OC2C(NC(C)=O)CC(NC(C)=O)C(OC3OC(COP(=O)(OCCC#N)O[C@H]4C[C@H](C)O[C@@H]4COP(=O)(OCCC#N)O[C@H]4C[C@H](C)O[C@@H]4COP(=O)(OCCC#N)O[C@H]4C[C@H](C)O[C@@H]4CC)C(OC(C)=O)C(NC(C)=O)C3OC(C)=O)C2OC(C)=O)C(NC(C)=O)CC1OC(C)=O)C(C)=O. The number of phosphoric ester groups is 3. The lowest BCUT2D eigenvalue weighted by Gasteiger charge is -2.51. The van der Waals surface area contributed by atoms with Crippen molar-refractivity contribution in [2.45, 2.75) is 308 Å². The smallest absolute Gasteiger partial charge is 0.460 e. The Morgan fingerprint density at radius 1 is 0.423 bits per heavy atom. The number of carbonyl (C=O) groups is 9. The van der Waals surface area contributed by atoms with Gasteiger partial charge in [0.15, 0.2) is 30.9 Å². The Bertz CT molecular complexity index is 3440. The number of ether oxygens (including phenoxy) is 11. The highest BCUT2D eigenvalue weighted by Gasteiger charge is 2.58. The van der Waals surface area contributed by atoms with Gasteiger partial charge >= 0.3 is 47.3 Å². The number of rotatable bonds is 42. The highest BCUT2D eigenvalue weighted by Crippen LogP contribution is 2.57. The van der Waals surface area contributed by atoms with Crippen molar-refractivity contribution >= 4 is 76.9 Å². The summed E-state index contributed by atoms with van der Waals surface area (Å²) >= 11 is 0. The number of hydrogen-bond acceptors (Lipinski definition) is 35.